The van der Waals surface area contributed by atoms with Gasteiger partial charge in [-0.3, -0.25) is 9.69 Å². The van der Waals surface area contributed by atoms with Crippen LogP contribution in [0.4, 0.5) is 4.39 Å². The van der Waals surface area contributed by atoms with Crippen molar-refractivity contribution in [1.82, 2.24) is 19.8 Å². The quantitative estimate of drug-likeness (QED) is 0.894. The average molecular weight is 374 g/mol. The van der Waals surface area contributed by atoms with E-state index >= 15 is 0 Å². The topological polar surface area (TPSA) is 61.5 Å². The number of fused-ring (bicyclic) bond motifs is 1. The van der Waals surface area contributed by atoms with Crippen LogP contribution >= 0.6 is 0 Å². The Kier molecular flexibility index (Phi) is 5.41. The summed E-state index contributed by atoms with van der Waals surface area (Å²) in [5.41, 5.74) is 1.38. The molecular formula is C20H27FN4O2. The third kappa shape index (κ3) is 4.14. The third-order valence-corrected chi connectivity index (χ3v) is 5.77. The number of rotatable bonds is 4. The second-order valence-electron chi connectivity index (χ2n) is 7.72. The van der Waals surface area contributed by atoms with E-state index in [1.54, 1.807) is 11.0 Å². The van der Waals surface area contributed by atoms with Gasteiger partial charge in [-0.05, 0) is 50.4 Å². The van der Waals surface area contributed by atoms with Crippen LogP contribution in [0.5, 0.6) is 0 Å². The average Bonchev–Trinajstić information content (AvgIpc) is 3.09. The van der Waals surface area contributed by atoms with Gasteiger partial charge in [-0.15, -0.1) is 0 Å². The minimum Gasteiger partial charge on any atom is -0.381 e. The molecule has 2 aliphatic rings. The number of hydrogen-bond donors (Lipinski definition) is 1. The molecule has 1 aromatic heterocycles. The zero-order chi connectivity index (χ0) is 18.8. The van der Waals surface area contributed by atoms with Crippen molar-refractivity contribution in [2.24, 2.45) is 5.92 Å². The van der Waals surface area contributed by atoms with Gasteiger partial charge in [0.25, 0.3) is 0 Å². The molecular weight excluding hydrogens is 347 g/mol. The monoisotopic (exact) mass is 374 g/mol. The molecule has 0 spiro atoms. The van der Waals surface area contributed by atoms with Crippen LogP contribution in [0.2, 0.25) is 0 Å². The second kappa shape index (κ2) is 7.94. The van der Waals surface area contributed by atoms with Crippen molar-refractivity contribution < 1.29 is 13.9 Å². The first-order valence-electron chi connectivity index (χ1n) is 9.81. The molecule has 27 heavy (non-hydrogen) atoms. The van der Waals surface area contributed by atoms with Gasteiger partial charge in [0, 0.05) is 32.8 Å². The molecule has 1 unspecified atom stereocenters. The van der Waals surface area contributed by atoms with Crippen molar-refractivity contribution in [3.63, 3.8) is 0 Å². The van der Waals surface area contributed by atoms with E-state index in [1.165, 1.54) is 12.1 Å². The fourth-order valence-corrected chi connectivity index (χ4v) is 4.31. The summed E-state index contributed by atoms with van der Waals surface area (Å²) in [5, 5.41) is 0. The van der Waals surface area contributed by atoms with Gasteiger partial charge in [0.05, 0.1) is 23.5 Å². The molecule has 4 rings (SSSR count). The number of nitrogens with one attached hydrogen (secondary N) is 1. The van der Waals surface area contributed by atoms with Crippen LogP contribution in [-0.2, 0) is 16.1 Å². The number of likely N-dealkylation sites (tertiary alicyclic amines) is 1. The van der Waals surface area contributed by atoms with Gasteiger partial charge in [0.2, 0.25) is 5.91 Å². The van der Waals surface area contributed by atoms with Gasteiger partial charge in [-0.25, -0.2) is 9.37 Å². The molecule has 1 atom stereocenters. The Morgan fingerprint density at radius 3 is 3.00 bits per heavy atom. The van der Waals surface area contributed by atoms with Crippen LogP contribution in [0, 0.1) is 11.7 Å². The van der Waals surface area contributed by atoms with E-state index in [1.807, 2.05) is 7.05 Å². The van der Waals surface area contributed by atoms with Crippen LogP contribution in [-0.4, -0.2) is 65.1 Å². The van der Waals surface area contributed by atoms with Gasteiger partial charge >= 0.3 is 0 Å². The van der Waals surface area contributed by atoms with E-state index in [4.69, 9.17) is 4.74 Å². The maximum Gasteiger partial charge on any atom is 0.227 e. The number of aromatic amines is 1. The highest BCUT2D eigenvalue weighted by molar-refractivity contribution is 5.79. The number of aromatic nitrogens is 2. The molecule has 2 aromatic rings. The molecule has 0 radical (unpaired) electrons. The number of H-pyrrole nitrogens is 1. The Morgan fingerprint density at radius 2 is 2.19 bits per heavy atom. The maximum absolute atomic E-state index is 13.3. The summed E-state index contributed by atoms with van der Waals surface area (Å²) in [4.78, 5) is 24.8. The molecule has 1 aromatic carbocycles. The number of imidazole rings is 1. The number of carbonyl (C=O) groups excluding carboxylic acids is 1. The molecule has 0 aliphatic carbocycles. The van der Waals surface area contributed by atoms with Crippen LogP contribution in [0.15, 0.2) is 18.2 Å². The summed E-state index contributed by atoms with van der Waals surface area (Å²) in [7, 11) is 1.82. The minimum absolute atomic E-state index is 0.0356. The van der Waals surface area contributed by atoms with Crippen LogP contribution in [0.1, 0.15) is 31.5 Å². The van der Waals surface area contributed by atoms with E-state index < -0.39 is 0 Å². The van der Waals surface area contributed by atoms with Gasteiger partial charge in [-0.2, -0.15) is 0 Å². The summed E-state index contributed by atoms with van der Waals surface area (Å²) in [6.07, 6.45) is 4.12. The summed E-state index contributed by atoms with van der Waals surface area (Å²) < 4.78 is 18.8. The zero-order valence-electron chi connectivity index (χ0n) is 15.8. The molecule has 146 valence electrons. The molecule has 0 saturated carbocycles. The second-order valence-corrected chi connectivity index (χ2v) is 7.72. The molecule has 2 aliphatic heterocycles. The van der Waals surface area contributed by atoms with Gasteiger partial charge < -0.3 is 14.6 Å². The summed E-state index contributed by atoms with van der Waals surface area (Å²) in [6.45, 7) is 3.97. The molecule has 0 bridgehead atoms. The molecule has 1 N–H and O–H groups in total. The van der Waals surface area contributed by atoms with Crippen molar-refractivity contribution >= 4 is 16.9 Å². The first-order chi connectivity index (χ1) is 13.1. The Bertz CT molecular complexity index is 802. The minimum atomic E-state index is -0.294. The number of piperidine rings is 1. The lowest BCUT2D eigenvalue weighted by atomic mass is 9.93. The smallest absolute Gasteiger partial charge is 0.227 e. The summed E-state index contributed by atoms with van der Waals surface area (Å²) >= 11 is 0. The van der Waals surface area contributed by atoms with E-state index in [9.17, 15) is 9.18 Å². The Balaban J connectivity index is 1.38. The van der Waals surface area contributed by atoms with Crippen LogP contribution in [0.3, 0.4) is 0 Å². The maximum atomic E-state index is 13.3. The highest BCUT2D eigenvalue weighted by atomic mass is 19.1. The van der Waals surface area contributed by atoms with Gasteiger partial charge in [0.15, 0.2) is 0 Å². The molecule has 7 heteroatoms. The van der Waals surface area contributed by atoms with Crippen LogP contribution in [0.25, 0.3) is 11.0 Å². The summed E-state index contributed by atoms with van der Waals surface area (Å²) in [6, 6.07) is 5.03. The highest BCUT2D eigenvalue weighted by Gasteiger charge is 2.32. The normalized spacial score (nSPS) is 22.2. The Morgan fingerprint density at radius 1 is 1.37 bits per heavy atom. The number of ether oxygens (including phenoxy) is 1. The number of nitrogens with zero attached hydrogens (tertiary/aromatic N) is 3. The number of benzene rings is 1. The third-order valence-electron chi connectivity index (χ3n) is 5.77. The van der Waals surface area contributed by atoms with Crippen molar-refractivity contribution in [3.05, 3.63) is 29.8 Å². The fraction of sp³-hybridized carbons (Fsp3) is 0.600. The molecule has 3 heterocycles. The van der Waals surface area contributed by atoms with E-state index in [-0.39, 0.29) is 17.6 Å². The standard InChI is InChI=1S/C20H27FN4O2/c1-24(13-19-22-17-5-4-15(21)11-18(17)23-19)20(26)14-3-2-8-25(12-14)16-6-9-27-10-7-16/h4-5,11,14,16H,2-3,6-10,12-13H2,1H3,(H,22,23). The lowest BCUT2D eigenvalue weighted by Crippen LogP contribution is -2.48. The van der Waals surface area contributed by atoms with E-state index in [0.717, 1.165) is 57.5 Å². The lowest BCUT2D eigenvalue weighted by Gasteiger charge is -2.40. The van der Waals surface area contributed by atoms with E-state index in [0.29, 0.717) is 23.9 Å². The predicted octanol–water partition coefficient (Wildman–Crippen LogP) is 2.55. The number of halogens is 1. The number of carbonyl (C=O) groups is 1. The Labute approximate surface area is 158 Å². The van der Waals surface area contributed by atoms with E-state index in [2.05, 4.69) is 14.9 Å². The molecule has 2 saturated heterocycles. The van der Waals surface area contributed by atoms with Crippen molar-refractivity contribution in [1.29, 1.82) is 0 Å². The largest absolute Gasteiger partial charge is 0.381 e. The van der Waals surface area contributed by atoms with Crippen molar-refractivity contribution in [2.45, 2.75) is 38.3 Å². The molecule has 1 amide bonds. The zero-order valence-corrected chi connectivity index (χ0v) is 15.8. The highest BCUT2D eigenvalue weighted by Crippen LogP contribution is 2.24. The number of hydrogen-bond acceptors (Lipinski definition) is 4. The predicted molar refractivity (Wildman–Crippen MR) is 101 cm³/mol. The van der Waals surface area contributed by atoms with Gasteiger partial charge in [-0.1, -0.05) is 0 Å². The summed E-state index contributed by atoms with van der Waals surface area (Å²) in [5.74, 6) is 0.591. The molecule has 6 nitrogen and oxygen atoms in total. The lowest BCUT2D eigenvalue weighted by molar-refractivity contribution is -0.137. The first kappa shape index (κ1) is 18.4. The van der Waals surface area contributed by atoms with Crippen molar-refractivity contribution in [2.75, 3.05) is 33.4 Å². The Hall–Kier alpha value is -1.99. The first-order valence-corrected chi connectivity index (χ1v) is 9.81. The number of amides is 1. The van der Waals surface area contributed by atoms with Gasteiger partial charge in [0.1, 0.15) is 11.6 Å². The fourth-order valence-electron chi connectivity index (χ4n) is 4.31. The SMILES string of the molecule is CN(Cc1nc2ccc(F)cc2[nH]1)C(=O)C1CCCN(C2CCOCC2)C1. The van der Waals surface area contributed by atoms with Crippen LogP contribution < -0.4 is 0 Å². The van der Waals surface area contributed by atoms with Crippen molar-refractivity contribution in [3.8, 4) is 0 Å². The molecule has 2 fully saturated rings.